The van der Waals surface area contributed by atoms with Crippen LogP contribution in [0.3, 0.4) is 0 Å². The lowest BCUT2D eigenvalue weighted by atomic mass is 9.98. The van der Waals surface area contributed by atoms with Crippen LogP contribution in [0.5, 0.6) is 0 Å². The van der Waals surface area contributed by atoms with Crippen LogP contribution in [0.2, 0.25) is 0 Å². The Kier molecular flexibility index (Phi) is 6.28. The van der Waals surface area contributed by atoms with Gasteiger partial charge < -0.3 is 4.74 Å². The fourth-order valence-corrected chi connectivity index (χ4v) is 3.72. The molecule has 0 fully saturated rings. The molecule has 1 atom stereocenters. The Balaban J connectivity index is 1.69. The summed E-state index contributed by atoms with van der Waals surface area (Å²) in [6.07, 6.45) is 12.8. The summed E-state index contributed by atoms with van der Waals surface area (Å²) >= 11 is 0. The first-order chi connectivity index (χ1) is 11.7. The third-order valence-electron chi connectivity index (χ3n) is 5.21. The highest BCUT2D eigenvalue weighted by atomic mass is 16.5. The van der Waals surface area contributed by atoms with Crippen molar-refractivity contribution in [3.05, 3.63) is 58.7 Å². The molecule has 1 heterocycles. The summed E-state index contributed by atoms with van der Waals surface area (Å²) in [7, 11) is 0. The van der Waals surface area contributed by atoms with Gasteiger partial charge in [0.1, 0.15) is 0 Å². The highest BCUT2D eigenvalue weighted by Crippen LogP contribution is 2.18. The number of fused-ring (bicyclic) bond motifs is 1. The van der Waals surface area contributed by atoms with Crippen molar-refractivity contribution < 1.29 is 4.74 Å². The van der Waals surface area contributed by atoms with Gasteiger partial charge in [-0.2, -0.15) is 0 Å². The van der Waals surface area contributed by atoms with E-state index in [2.05, 4.69) is 55.2 Å². The van der Waals surface area contributed by atoms with Crippen molar-refractivity contribution in [2.24, 2.45) is 0 Å². The first-order valence-electron chi connectivity index (χ1n) is 9.48. The molecular weight excluding hydrogens is 294 g/mol. The average Bonchev–Trinajstić information content (AvgIpc) is 2.62. The summed E-state index contributed by atoms with van der Waals surface area (Å²) in [4.78, 5) is 2.60. The number of rotatable bonds is 2. The van der Waals surface area contributed by atoms with Crippen molar-refractivity contribution in [2.75, 3.05) is 26.3 Å². The van der Waals surface area contributed by atoms with Crippen LogP contribution in [0, 0.1) is 6.92 Å². The molecule has 0 bridgehead atoms. The topological polar surface area (TPSA) is 12.5 Å². The molecule has 0 radical (unpaired) electrons. The quantitative estimate of drug-likeness (QED) is 0.795. The number of hydrogen-bond donors (Lipinski definition) is 0. The van der Waals surface area contributed by atoms with Gasteiger partial charge in [0.05, 0.1) is 13.2 Å². The molecule has 1 unspecified atom stereocenters. The maximum absolute atomic E-state index is 6.01. The van der Waals surface area contributed by atoms with E-state index in [9.17, 15) is 0 Å². The van der Waals surface area contributed by atoms with E-state index in [0.29, 0.717) is 6.04 Å². The Morgan fingerprint density at radius 3 is 2.92 bits per heavy atom. The van der Waals surface area contributed by atoms with Gasteiger partial charge in [0.25, 0.3) is 0 Å². The predicted octanol–water partition coefficient (Wildman–Crippen LogP) is 4.47. The van der Waals surface area contributed by atoms with E-state index in [1.807, 2.05) is 0 Å². The zero-order valence-corrected chi connectivity index (χ0v) is 15.3. The highest BCUT2D eigenvalue weighted by Gasteiger charge is 2.17. The van der Waals surface area contributed by atoms with E-state index >= 15 is 0 Å². The summed E-state index contributed by atoms with van der Waals surface area (Å²) < 4.78 is 6.01. The second kappa shape index (κ2) is 8.64. The van der Waals surface area contributed by atoms with Crippen molar-refractivity contribution in [3.8, 4) is 0 Å². The molecule has 3 rings (SSSR count). The normalized spacial score (nSPS) is 23.2. The number of nitrogens with zero attached hydrogens (tertiary/aromatic N) is 1. The first kappa shape index (κ1) is 17.4. The molecule has 2 aliphatic rings. The molecule has 2 nitrogen and oxygen atoms in total. The molecular formula is C22H31NO. The number of allylic oxidation sites excluding steroid dienone is 2. The van der Waals surface area contributed by atoms with Crippen molar-refractivity contribution >= 4 is 0 Å². The molecule has 130 valence electrons. The van der Waals surface area contributed by atoms with Crippen LogP contribution in [-0.4, -0.2) is 37.2 Å². The van der Waals surface area contributed by atoms with E-state index in [1.54, 1.807) is 0 Å². The van der Waals surface area contributed by atoms with E-state index in [4.69, 9.17) is 4.74 Å². The molecule has 0 spiro atoms. The van der Waals surface area contributed by atoms with Gasteiger partial charge in [-0.05, 0) is 69.2 Å². The largest absolute Gasteiger partial charge is 0.379 e. The first-order valence-corrected chi connectivity index (χ1v) is 9.48. The molecule has 0 N–H and O–H groups in total. The molecule has 1 aliphatic heterocycles. The van der Waals surface area contributed by atoms with Crippen molar-refractivity contribution in [1.29, 1.82) is 0 Å². The number of aryl methyl sites for hydroxylation is 2. The lowest BCUT2D eigenvalue weighted by Gasteiger charge is -2.29. The van der Waals surface area contributed by atoms with Crippen LogP contribution in [0.15, 0.2) is 42.0 Å². The maximum atomic E-state index is 6.01. The van der Waals surface area contributed by atoms with Gasteiger partial charge in [-0.3, -0.25) is 4.90 Å². The Morgan fingerprint density at radius 2 is 2.08 bits per heavy atom. The van der Waals surface area contributed by atoms with Crippen LogP contribution < -0.4 is 0 Å². The molecule has 1 aliphatic carbocycles. The number of hydrogen-bond acceptors (Lipinski definition) is 2. The molecule has 0 saturated carbocycles. The van der Waals surface area contributed by atoms with Gasteiger partial charge in [0.2, 0.25) is 0 Å². The van der Waals surface area contributed by atoms with Crippen LogP contribution in [0.25, 0.3) is 0 Å². The summed E-state index contributed by atoms with van der Waals surface area (Å²) in [5, 5.41) is 0. The summed E-state index contributed by atoms with van der Waals surface area (Å²) in [6.45, 7) is 8.36. The van der Waals surface area contributed by atoms with Crippen LogP contribution in [-0.2, 0) is 17.6 Å². The van der Waals surface area contributed by atoms with Gasteiger partial charge in [-0.1, -0.05) is 42.0 Å². The molecule has 1 aromatic rings. The average molecular weight is 325 g/mol. The zero-order valence-electron chi connectivity index (χ0n) is 15.3. The minimum atomic E-state index is 0.476. The monoisotopic (exact) mass is 325 g/mol. The summed E-state index contributed by atoms with van der Waals surface area (Å²) in [5.41, 5.74) is 5.83. The number of ether oxygens (including phenoxy) is 1. The Morgan fingerprint density at radius 1 is 1.17 bits per heavy atom. The Bertz CT molecular complexity index is 602. The molecule has 2 heteroatoms. The van der Waals surface area contributed by atoms with Gasteiger partial charge in [-0.25, -0.2) is 0 Å². The maximum Gasteiger partial charge on any atom is 0.0619 e. The molecule has 0 amide bonds. The lowest BCUT2D eigenvalue weighted by Crippen LogP contribution is -2.38. The zero-order chi connectivity index (χ0) is 16.8. The fourth-order valence-electron chi connectivity index (χ4n) is 3.72. The van der Waals surface area contributed by atoms with Crippen molar-refractivity contribution in [1.82, 2.24) is 4.90 Å². The van der Waals surface area contributed by atoms with E-state index in [1.165, 1.54) is 47.9 Å². The van der Waals surface area contributed by atoms with Gasteiger partial charge in [0.15, 0.2) is 0 Å². The SMILES string of the molecule is Cc1ccc2c(c1)CCCN(CC1=CCCC=C1)C(C)COCC2. The molecule has 0 saturated heterocycles. The molecule has 1 aromatic carbocycles. The van der Waals surface area contributed by atoms with Gasteiger partial charge in [-0.15, -0.1) is 0 Å². The minimum absolute atomic E-state index is 0.476. The fraction of sp³-hybridized carbons (Fsp3) is 0.545. The number of benzene rings is 1. The summed E-state index contributed by atoms with van der Waals surface area (Å²) in [5.74, 6) is 0. The highest BCUT2D eigenvalue weighted by molar-refractivity contribution is 5.32. The van der Waals surface area contributed by atoms with Crippen LogP contribution >= 0.6 is 0 Å². The van der Waals surface area contributed by atoms with Crippen molar-refractivity contribution in [3.63, 3.8) is 0 Å². The Hall–Kier alpha value is -1.38. The predicted molar refractivity (Wildman–Crippen MR) is 102 cm³/mol. The third-order valence-corrected chi connectivity index (χ3v) is 5.21. The van der Waals surface area contributed by atoms with Gasteiger partial charge >= 0.3 is 0 Å². The molecule has 0 aromatic heterocycles. The van der Waals surface area contributed by atoms with E-state index in [0.717, 1.165) is 32.7 Å². The lowest BCUT2D eigenvalue weighted by molar-refractivity contribution is 0.0725. The second-order valence-electron chi connectivity index (χ2n) is 7.28. The van der Waals surface area contributed by atoms with Crippen LogP contribution in [0.4, 0.5) is 0 Å². The van der Waals surface area contributed by atoms with E-state index in [-0.39, 0.29) is 0 Å². The Labute approximate surface area is 147 Å². The third kappa shape index (κ3) is 4.81. The van der Waals surface area contributed by atoms with Gasteiger partial charge in [0, 0.05) is 12.6 Å². The minimum Gasteiger partial charge on any atom is -0.379 e. The van der Waals surface area contributed by atoms with Crippen molar-refractivity contribution in [2.45, 2.75) is 52.0 Å². The second-order valence-corrected chi connectivity index (χ2v) is 7.28. The van der Waals surface area contributed by atoms with Crippen LogP contribution in [0.1, 0.15) is 42.9 Å². The summed E-state index contributed by atoms with van der Waals surface area (Å²) in [6, 6.07) is 7.37. The standard InChI is InChI=1S/C22H31NO/c1-18-10-11-21-12-14-24-17-19(2)23(13-6-9-22(21)15-18)16-20-7-4-3-5-8-20/h4,7-8,10-11,15,19H,3,5-6,9,12-14,16-17H2,1-2H3. The van der Waals surface area contributed by atoms with E-state index < -0.39 is 0 Å². The smallest absolute Gasteiger partial charge is 0.0619 e. The molecule has 24 heavy (non-hydrogen) atoms.